The van der Waals surface area contributed by atoms with Crippen molar-refractivity contribution < 1.29 is 13.9 Å². The summed E-state index contributed by atoms with van der Waals surface area (Å²) >= 11 is 0. The van der Waals surface area contributed by atoms with Crippen molar-refractivity contribution in [3.05, 3.63) is 65.5 Å². The van der Waals surface area contributed by atoms with Gasteiger partial charge in [0, 0.05) is 19.6 Å². The molecule has 29 heavy (non-hydrogen) atoms. The number of amides is 1. The molecule has 0 saturated heterocycles. The van der Waals surface area contributed by atoms with Crippen molar-refractivity contribution in [2.45, 2.75) is 26.9 Å². The largest absolute Gasteiger partial charge is 0.484 e. The number of nitrogens with zero attached hydrogens (tertiary/aromatic N) is 1. The molecule has 0 saturated carbocycles. The van der Waals surface area contributed by atoms with Gasteiger partial charge in [-0.15, -0.1) is 24.0 Å². The highest BCUT2D eigenvalue weighted by Crippen LogP contribution is 2.13. The quantitative estimate of drug-likeness (QED) is 0.273. The molecule has 0 aromatic heterocycles. The van der Waals surface area contributed by atoms with E-state index in [1.54, 1.807) is 6.07 Å². The summed E-state index contributed by atoms with van der Waals surface area (Å²) in [6.07, 6.45) is 0. The molecule has 0 aliphatic rings. The van der Waals surface area contributed by atoms with Crippen LogP contribution in [0.15, 0.2) is 53.5 Å². The summed E-state index contributed by atoms with van der Waals surface area (Å²) in [5, 5.41) is 9.10. The number of ether oxygens (including phenoxy) is 1. The third-order valence-electron chi connectivity index (χ3n) is 3.76. The molecule has 2 aromatic carbocycles. The Bertz CT molecular complexity index is 802. The summed E-state index contributed by atoms with van der Waals surface area (Å²) in [5.41, 5.74) is 1.79. The highest BCUT2D eigenvalue weighted by Gasteiger charge is 2.03. The fraction of sp³-hybridized carbons (Fsp3) is 0.333. The van der Waals surface area contributed by atoms with Gasteiger partial charge in [-0.1, -0.05) is 24.3 Å². The highest BCUT2D eigenvalue weighted by atomic mass is 127. The zero-order valence-corrected chi connectivity index (χ0v) is 19.0. The van der Waals surface area contributed by atoms with Crippen molar-refractivity contribution in [2.75, 3.05) is 19.7 Å². The van der Waals surface area contributed by atoms with Gasteiger partial charge in [0.15, 0.2) is 12.6 Å². The summed E-state index contributed by atoms with van der Waals surface area (Å²) in [6, 6.07) is 13.9. The van der Waals surface area contributed by atoms with Crippen LogP contribution < -0.4 is 20.7 Å². The standard InChI is InChI=1S/C21H27FN4O2.HI/c1-3-23-20(27)15-28-19-10-6-8-17(12-19)14-26-21(24-4-2)25-13-16-7-5-9-18(22)11-16;/h5-12H,3-4,13-15H2,1-2H3,(H,23,27)(H2,24,25,26);1H. The van der Waals surface area contributed by atoms with Crippen LogP contribution in [-0.4, -0.2) is 31.6 Å². The Hall–Kier alpha value is -2.36. The average Bonchev–Trinajstić information content (AvgIpc) is 2.69. The Kier molecular flexibility index (Phi) is 11.7. The number of guanidine groups is 1. The number of carbonyl (C=O) groups excluding carboxylic acids is 1. The Balaban J connectivity index is 0.00000420. The number of likely N-dealkylation sites (N-methyl/N-ethyl adjacent to an activating group) is 1. The zero-order chi connectivity index (χ0) is 20.2. The molecule has 0 atom stereocenters. The van der Waals surface area contributed by atoms with Gasteiger partial charge >= 0.3 is 0 Å². The lowest BCUT2D eigenvalue weighted by Crippen LogP contribution is -2.36. The van der Waals surface area contributed by atoms with Crippen molar-refractivity contribution in [2.24, 2.45) is 4.99 Å². The van der Waals surface area contributed by atoms with E-state index in [-0.39, 0.29) is 42.3 Å². The predicted octanol–water partition coefficient (Wildman–Crippen LogP) is 3.21. The number of aliphatic imine (C=N–C) groups is 1. The molecule has 0 aliphatic carbocycles. The van der Waals surface area contributed by atoms with Crippen LogP contribution in [0, 0.1) is 5.82 Å². The molecule has 0 spiro atoms. The fourth-order valence-electron chi connectivity index (χ4n) is 2.48. The first-order valence-electron chi connectivity index (χ1n) is 9.35. The number of carbonyl (C=O) groups is 1. The zero-order valence-electron chi connectivity index (χ0n) is 16.7. The molecule has 0 radical (unpaired) electrons. The number of benzene rings is 2. The van der Waals surface area contributed by atoms with Crippen LogP contribution >= 0.6 is 24.0 Å². The van der Waals surface area contributed by atoms with E-state index in [0.717, 1.165) is 11.1 Å². The first-order chi connectivity index (χ1) is 13.6. The molecule has 0 fully saturated rings. The van der Waals surface area contributed by atoms with Gasteiger partial charge in [-0.2, -0.15) is 0 Å². The van der Waals surface area contributed by atoms with Crippen LogP contribution in [0.25, 0.3) is 0 Å². The molecule has 0 unspecified atom stereocenters. The molecular formula is C21H28FIN4O2. The monoisotopic (exact) mass is 514 g/mol. The predicted molar refractivity (Wildman–Crippen MR) is 124 cm³/mol. The number of hydrogen-bond donors (Lipinski definition) is 3. The molecule has 0 heterocycles. The van der Waals surface area contributed by atoms with Gasteiger partial charge in [-0.25, -0.2) is 9.38 Å². The highest BCUT2D eigenvalue weighted by molar-refractivity contribution is 14.0. The Morgan fingerprint density at radius 3 is 2.45 bits per heavy atom. The van der Waals surface area contributed by atoms with E-state index in [9.17, 15) is 9.18 Å². The fourth-order valence-corrected chi connectivity index (χ4v) is 2.48. The average molecular weight is 514 g/mol. The maximum absolute atomic E-state index is 13.3. The lowest BCUT2D eigenvalue weighted by molar-refractivity contribution is -0.122. The SMILES string of the molecule is CCNC(=O)COc1cccc(CNC(=NCc2cccc(F)c2)NCC)c1.I. The summed E-state index contributed by atoms with van der Waals surface area (Å²) < 4.78 is 18.8. The minimum absolute atomic E-state index is 0. The van der Waals surface area contributed by atoms with E-state index in [1.165, 1.54) is 12.1 Å². The lowest BCUT2D eigenvalue weighted by Gasteiger charge is -2.12. The van der Waals surface area contributed by atoms with E-state index in [4.69, 9.17) is 4.74 Å². The van der Waals surface area contributed by atoms with E-state index >= 15 is 0 Å². The van der Waals surface area contributed by atoms with Gasteiger partial charge < -0.3 is 20.7 Å². The van der Waals surface area contributed by atoms with Gasteiger partial charge in [0.1, 0.15) is 11.6 Å². The van der Waals surface area contributed by atoms with Crippen LogP contribution in [-0.2, 0) is 17.9 Å². The molecule has 3 N–H and O–H groups in total. The summed E-state index contributed by atoms with van der Waals surface area (Å²) in [7, 11) is 0. The van der Waals surface area contributed by atoms with Crippen molar-refractivity contribution >= 4 is 35.8 Å². The van der Waals surface area contributed by atoms with E-state index < -0.39 is 0 Å². The third kappa shape index (κ3) is 9.60. The number of rotatable bonds is 9. The molecule has 8 heteroatoms. The molecule has 6 nitrogen and oxygen atoms in total. The van der Waals surface area contributed by atoms with Crippen LogP contribution in [0.4, 0.5) is 4.39 Å². The third-order valence-corrected chi connectivity index (χ3v) is 3.76. The molecule has 0 aliphatic heterocycles. The maximum Gasteiger partial charge on any atom is 0.257 e. The van der Waals surface area contributed by atoms with E-state index in [0.29, 0.717) is 37.9 Å². The smallest absolute Gasteiger partial charge is 0.257 e. The van der Waals surface area contributed by atoms with Crippen LogP contribution in [0.3, 0.4) is 0 Å². The minimum Gasteiger partial charge on any atom is -0.484 e. The second kappa shape index (κ2) is 13.8. The van der Waals surface area contributed by atoms with Gasteiger partial charge in [-0.3, -0.25) is 4.79 Å². The summed E-state index contributed by atoms with van der Waals surface area (Å²) in [6.45, 7) is 6.04. The Morgan fingerprint density at radius 1 is 1.00 bits per heavy atom. The molecular weight excluding hydrogens is 486 g/mol. The Morgan fingerprint density at radius 2 is 1.72 bits per heavy atom. The topological polar surface area (TPSA) is 74.8 Å². The maximum atomic E-state index is 13.3. The number of halogens is 2. The van der Waals surface area contributed by atoms with E-state index in [2.05, 4.69) is 20.9 Å². The first-order valence-corrected chi connectivity index (χ1v) is 9.35. The summed E-state index contributed by atoms with van der Waals surface area (Å²) in [4.78, 5) is 16.0. The molecule has 1 amide bonds. The van der Waals surface area contributed by atoms with Crippen molar-refractivity contribution in [3.63, 3.8) is 0 Å². The minimum atomic E-state index is -0.268. The van der Waals surface area contributed by atoms with Crippen molar-refractivity contribution in [1.29, 1.82) is 0 Å². The van der Waals surface area contributed by atoms with Crippen molar-refractivity contribution in [1.82, 2.24) is 16.0 Å². The number of nitrogens with one attached hydrogen (secondary N) is 3. The van der Waals surface area contributed by atoms with Gasteiger partial charge in [0.2, 0.25) is 0 Å². The van der Waals surface area contributed by atoms with Gasteiger partial charge in [0.25, 0.3) is 5.91 Å². The number of hydrogen-bond acceptors (Lipinski definition) is 3. The summed E-state index contributed by atoms with van der Waals surface area (Å²) in [5.74, 6) is 0.854. The molecule has 2 rings (SSSR count). The van der Waals surface area contributed by atoms with Gasteiger partial charge in [0.05, 0.1) is 6.54 Å². The van der Waals surface area contributed by atoms with E-state index in [1.807, 2.05) is 44.2 Å². The second-order valence-electron chi connectivity index (χ2n) is 6.07. The lowest BCUT2D eigenvalue weighted by atomic mass is 10.2. The first kappa shape index (κ1) is 24.7. The van der Waals surface area contributed by atoms with Crippen molar-refractivity contribution in [3.8, 4) is 5.75 Å². The van der Waals surface area contributed by atoms with Crippen LogP contribution in [0.5, 0.6) is 5.75 Å². The second-order valence-corrected chi connectivity index (χ2v) is 6.07. The van der Waals surface area contributed by atoms with Crippen LogP contribution in [0.2, 0.25) is 0 Å². The molecule has 0 bridgehead atoms. The van der Waals surface area contributed by atoms with Crippen LogP contribution in [0.1, 0.15) is 25.0 Å². The normalized spacial score (nSPS) is 10.7. The molecule has 158 valence electrons. The Labute approximate surface area is 188 Å². The molecule has 2 aromatic rings. The van der Waals surface area contributed by atoms with Gasteiger partial charge in [-0.05, 0) is 49.2 Å².